The summed E-state index contributed by atoms with van der Waals surface area (Å²) in [5.41, 5.74) is 1.76. The third-order valence-electron chi connectivity index (χ3n) is 4.63. The van der Waals surface area contributed by atoms with E-state index in [1.807, 2.05) is 30.3 Å². The number of benzene rings is 2. The number of aryl methyl sites for hydroxylation is 1. The van der Waals surface area contributed by atoms with E-state index in [1.165, 1.54) is 0 Å². The zero-order valence-electron chi connectivity index (χ0n) is 16.7. The lowest BCUT2D eigenvalue weighted by Gasteiger charge is -2.10. The van der Waals surface area contributed by atoms with Gasteiger partial charge in [-0.25, -0.2) is 4.98 Å². The predicted octanol–water partition coefficient (Wildman–Crippen LogP) is 4.44. The first-order valence-corrected chi connectivity index (χ1v) is 9.88. The molecular formula is C24H21N3O4. The van der Waals surface area contributed by atoms with E-state index in [1.54, 1.807) is 48.9 Å². The van der Waals surface area contributed by atoms with Gasteiger partial charge in [-0.3, -0.25) is 9.59 Å². The number of hydrogen-bond donors (Lipinski definition) is 2. The fourth-order valence-corrected chi connectivity index (χ4v) is 3.06. The molecule has 7 nitrogen and oxygen atoms in total. The maximum atomic E-state index is 12.5. The quantitative estimate of drug-likeness (QED) is 0.444. The van der Waals surface area contributed by atoms with Crippen LogP contribution in [-0.4, -0.2) is 16.8 Å². The second-order valence-electron chi connectivity index (χ2n) is 6.84. The standard InChI is InChI=1S/C24H21N3O4/c28-22(12-13-23-25-16-21(31-23)17-7-2-1-3-8-17)27-20-11-5-4-10-19(20)24(29)26-15-18-9-6-14-30-18/h1-11,14,16H,12-13,15H2,(H,26,29)(H,27,28). The van der Waals surface area contributed by atoms with Crippen LogP contribution in [0.5, 0.6) is 0 Å². The highest BCUT2D eigenvalue weighted by molar-refractivity contribution is 6.03. The Bertz CT molecular complexity index is 1150. The Morgan fingerprint density at radius 3 is 2.55 bits per heavy atom. The van der Waals surface area contributed by atoms with Gasteiger partial charge in [0.15, 0.2) is 11.7 Å². The Balaban J connectivity index is 1.34. The molecule has 4 aromatic rings. The summed E-state index contributed by atoms with van der Waals surface area (Å²) >= 11 is 0. The van der Waals surface area contributed by atoms with E-state index in [4.69, 9.17) is 8.83 Å². The molecule has 7 heteroatoms. The molecule has 2 amide bonds. The van der Waals surface area contributed by atoms with Crippen molar-refractivity contribution in [3.05, 3.63) is 96.4 Å². The number of anilines is 1. The van der Waals surface area contributed by atoms with E-state index >= 15 is 0 Å². The Morgan fingerprint density at radius 1 is 0.935 bits per heavy atom. The molecule has 0 unspecified atom stereocenters. The van der Waals surface area contributed by atoms with Crippen molar-refractivity contribution in [3.8, 4) is 11.3 Å². The lowest BCUT2D eigenvalue weighted by Crippen LogP contribution is -2.24. The molecule has 2 N–H and O–H groups in total. The molecule has 0 saturated carbocycles. The summed E-state index contributed by atoms with van der Waals surface area (Å²) in [7, 11) is 0. The molecule has 0 spiro atoms. The van der Waals surface area contributed by atoms with Gasteiger partial charge >= 0.3 is 0 Å². The zero-order chi connectivity index (χ0) is 21.5. The van der Waals surface area contributed by atoms with E-state index in [9.17, 15) is 9.59 Å². The highest BCUT2D eigenvalue weighted by atomic mass is 16.4. The first-order chi connectivity index (χ1) is 15.2. The molecule has 4 rings (SSSR count). The van der Waals surface area contributed by atoms with E-state index < -0.39 is 0 Å². The fraction of sp³-hybridized carbons (Fsp3) is 0.125. The topological polar surface area (TPSA) is 97.4 Å². The lowest BCUT2D eigenvalue weighted by atomic mass is 10.1. The summed E-state index contributed by atoms with van der Waals surface area (Å²) in [5, 5.41) is 5.58. The molecule has 0 bridgehead atoms. The number of nitrogens with one attached hydrogen (secondary N) is 2. The van der Waals surface area contributed by atoms with Gasteiger partial charge in [0.25, 0.3) is 5.91 Å². The maximum absolute atomic E-state index is 12.5. The minimum Gasteiger partial charge on any atom is -0.467 e. The van der Waals surface area contributed by atoms with E-state index in [2.05, 4.69) is 15.6 Å². The van der Waals surface area contributed by atoms with Gasteiger partial charge in [-0.2, -0.15) is 0 Å². The second-order valence-corrected chi connectivity index (χ2v) is 6.84. The highest BCUT2D eigenvalue weighted by Gasteiger charge is 2.14. The van der Waals surface area contributed by atoms with E-state index in [0.29, 0.717) is 35.1 Å². The van der Waals surface area contributed by atoms with Crippen LogP contribution in [0.4, 0.5) is 5.69 Å². The van der Waals surface area contributed by atoms with Crippen LogP contribution < -0.4 is 10.6 Å². The normalized spacial score (nSPS) is 10.6. The Kier molecular flexibility index (Phi) is 6.23. The van der Waals surface area contributed by atoms with Crippen LogP contribution in [0.1, 0.15) is 28.4 Å². The van der Waals surface area contributed by atoms with Crippen LogP contribution in [0.3, 0.4) is 0 Å². The number of oxazole rings is 1. The molecule has 0 aliphatic heterocycles. The van der Waals surface area contributed by atoms with Crippen molar-refractivity contribution in [1.29, 1.82) is 0 Å². The monoisotopic (exact) mass is 415 g/mol. The highest BCUT2D eigenvalue weighted by Crippen LogP contribution is 2.21. The van der Waals surface area contributed by atoms with Crippen LogP contribution in [0, 0.1) is 0 Å². The molecule has 0 fully saturated rings. The summed E-state index contributed by atoms with van der Waals surface area (Å²) in [6, 6.07) is 20.0. The van der Waals surface area contributed by atoms with Crippen molar-refractivity contribution >= 4 is 17.5 Å². The van der Waals surface area contributed by atoms with Gasteiger partial charge < -0.3 is 19.5 Å². The number of aromatic nitrogens is 1. The molecule has 0 saturated heterocycles. The van der Waals surface area contributed by atoms with Crippen molar-refractivity contribution < 1.29 is 18.4 Å². The Hall–Kier alpha value is -4.13. The lowest BCUT2D eigenvalue weighted by molar-refractivity contribution is -0.116. The number of rotatable bonds is 8. The van der Waals surface area contributed by atoms with Crippen LogP contribution >= 0.6 is 0 Å². The number of amides is 2. The van der Waals surface area contributed by atoms with Gasteiger partial charge in [0.05, 0.1) is 30.3 Å². The van der Waals surface area contributed by atoms with Gasteiger partial charge in [0, 0.05) is 18.4 Å². The number of para-hydroxylation sites is 1. The SMILES string of the molecule is O=C(CCc1ncc(-c2ccccc2)o1)Nc1ccccc1C(=O)NCc1ccco1. The fourth-order valence-electron chi connectivity index (χ4n) is 3.06. The van der Waals surface area contributed by atoms with Crippen molar-refractivity contribution in [3.63, 3.8) is 0 Å². The van der Waals surface area contributed by atoms with E-state index in [0.717, 1.165) is 5.56 Å². The maximum Gasteiger partial charge on any atom is 0.253 e. The molecule has 2 aromatic heterocycles. The average Bonchev–Trinajstić information content (AvgIpc) is 3.49. The molecule has 2 aromatic carbocycles. The molecule has 0 aliphatic rings. The minimum absolute atomic E-state index is 0.178. The van der Waals surface area contributed by atoms with Crippen molar-refractivity contribution in [2.24, 2.45) is 0 Å². The van der Waals surface area contributed by atoms with Crippen LogP contribution in [0.2, 0.25) is 0 Å². The number of nitrogens with zero attached hydrogens (tertiary/aromatic N) is 1. The van der Waals surface area contributed by atoms with Crippen LogP contribution in [-0.2, 0) is 17.8 Å². The Labute approximate surface area is 179 Å². The van der Waals surface area contributed by atoms with Gasteiger partial charge in [0.2, 0.25) is 5.91 Å². The summed E-state index contributed by atoms with van der Waals surface area (Å²) in [6.07, 6.45) is 3.73. The van der Waals surface area contributed by atoms with Gasteiger partial charge in [-0.1, -0.05) is 42.5 Å². The molecular weight excluding hydrogens is 394 g/mol. The molecule has 156 valence electrons. The predicted molar refractivity (Wildman–Crippen MR) is 115 cm³/mol. The number of furan rings is 1. The molecule has 0 aliphatic carbocycles. The average molecular weight is 415 g/mol. The molecule has 0 atom stereocenters. The van der Waals surface area contributed by atoms with Crippen molar-refractivity contribution in [2.75, 3.05) is 5.32 Å². The molecule has 2 heterocycles. The Morgan fingerprint density at radius 2 is 1.74 bits per heavy atom. The molecule has 0 radical (unpaired) electrons. The summed E-state index contributed by atoms with van der Waals surface area (Å²) in [6.45, 7) is 0.266. The summed E-state index contributed by atoms with van der Waals surface area (Å²) in [5.74, 6) is 1.27. The largest absolute Gasteiger partial charge is 0.467 e. The van der Waals surface area contributed by atoms with Gasteiger partial charge in [-0.05, 0) is 24.3 Å². The van der Waals surface area contributed by atoms with E-state index in [-0.39, 0.29) is 24.8 Å². The van der Waals surface area contributed by atoms with Crippen molar-refractivity contribution in [2.45, 2.75) is 19.4 Å². The second kappa shape index (κ2) is 9.58. The first kappa shape index (κ1) is 20.2. The van der Waals surface area contributed by atoms with Crippen molar-refractivity contribution in [1.82, 2.24) is 10.3 Å². The third-order valence-corrected chi connectivity index (χ3v) is 4.63. The molecule has 31 heavy (non-hydrogen) atoms. The smallest absolute Gasteiger partial charge is 0.253 e. The van der Waals surface area contributed by atoms with Gasteiger partial charge in [-0.15, -0.1) is 0 Å². The summed E-state index contributed by atoms with van der Waals surface area (Å²) < 4.78 is 11.0. The number of carbonyl (C=O) groups is 2. The van der Waals surface area contributed by atoms with Gasteiger partial charge in [0.1, 0.15) is 5.76 Å². The number of hydrogen-bond acceptors (Lipinski definition) is 5. The number of carbonyl (C=O) groups excluding carboxylic acids is 2. The minimum atomic E-state index is -0.299. The first-order valence-electron chi connectivity index (χ1n) is 9.88. The van der Waals surface area contributed by atoms with Crippen LogP contribution in [0.15, 0.2) is 88.0 Å². The summed E-state index contributed by atoms with van der Waals surface area (Å²) in [4.78, 5) is 29.2. The van der Waals surface area contributed by atoms with Crippen LogP contribution in [0.25, 0.3) is 11.3 Å². The zero-order valence-corrected chi connectivity index (χ0v) is 16.7. The third kappa shape index (κ3) is 5.27.